The average Bonchev–Trinajstić information content (AvgIpc) is 2.14. The summed E-state index contributed by atoms with van der Waals surface area (Å²) in [5, 5.41) is 3.38. The Morgan fingerprint density at radius 1 is 1.19 bits per heavy atom. The SMILES string of the molecule is CC(C)(C)NCCOc1c(Br)cccc1Br. The molecule has 0 fully saturated rings. The molecule has 16 heavy (non-hydrogen) atoms. The molecule has 0 aromatic heterocycles. The minimum Gasteiger partial charge on any atom is -0.490 e. The Morgan fingerprint density at radius 2 is 1.75 bits per heavy atom. The van der Waals surface area contributed by atoms with Gasteiger partial charge in [-0.15, -0.1) is 0 Å². The Balaban J connectivity index is 2.43. The van der Waals surface area contributed by atoms with Gasteiger partial charge in [0.2, 0.25) is 0 Å². The first-order valence-corrected chi connectivity index (χ1v) is 6.80. The Morgan fingerprint density at radius 3 is 2.25 bits per heavy atom. The van der Waals surface area contributed by atoms with Gasteiger partial charge < -0.3 is 10.1 Å². The number of hydrogen-bond acceptors (Lipinski definition) is 2. The zero-order chi connectivity index (χ0) is 12.2. The first kappa shape index (κ1) is 14.0. The standard InChI is InChI=1S/C12H17Br2NO/c1-12(2,3)15-7-8-16-11-9(13)5-4-6-10(11)14/h4-6,15H,7-8H2,1-3H3. The predicted molar refractivity (Wildman–Crippen MR) is 75.1 cm³/mol. The minimum atomic E-state index is 0.133. The summed E-state index contributed by atoms with van der Waals surface area (Å²) in [6.07, 6.45) is 0. The third-order valence-electron chi connectivity index (χ3n) is 1.92. The van der Waals surface area contributed by atoms with Gasteiger partial charge in [0.25, 0.3) is 0 Å². The lowest BCUT2D eigenvalue weighted by Crippen LogP contribution is -2.38. The molecule has 0 amide bonds. The molecule has 0 saturated heterocycles. The summed E-state index contributed by atoms with van der Waals surface area (Å²) in [5.74, 6) is 0.859. The highest BCUT2D eigenvalue weighted by atomic mass is 79.9. The van der Waals surface area contributed by atoms with Crippen LogP contribution in [0, 0.1) is 0 Å². The van der Waals surface area contributed by atoms with Gasteiger partial charge in [0.1, 0.15) is 12.4 Å². The summed E-state index contributed by atoms with van der Waals surface area (Å²) in [6, 6.07) is 5.91. The van der Waals surface area contributed by atoms with Gasteiger partial charge in [-0.3, -0.25) is 0 Å². The molecule has 1 N–H and O–H groups in total. The molecule has 0 spiro atoms. The van der Waals surface area contributed by atoms with E-state index in [0.717, 1.165) is 21.2 Å². The number of benzene rings is 1. The van der Waals surface area contributed by atoms with Crippen molar-refractivity contribution in [3.63, 3.8) is 0 Å². The van der Waals surface area contributed by atoms with E-state index in [4.69, 9.17) is 4.74 Å². The highest BCUT2D eigenvalue weighted by Crippen LogP contribution is 2.32. The second-order valence-corrected chi connectivity index (χ2v) is 6.28. The minimum absolute atomic E-state index is 0.133. The summed E-state index contributed by atoms with van der Waals surface area (Å²) in [7, 11) is 0. The first-order valence-electron chi connectivity index (χ1n) is 5.22. The van der Waals surface area contributed by atoms with Crippen LogP contribution in [-0.4, -0.2) is 18.7 Å². The smallest absolute Gasteiger partial charge is 0.147 e. The van der Waals surface area contributed by atoms with E-state index >= 15 is 0 Å². The van der Waals surface area contributed by atoms with E-state index in [2.05, 4.69) is 57.9 Å². The van der Waals surface area contributed by atoms with Gasteiger partial charge in [-0.2, -0.15) is 0 Å². The molecular weight excluding hydrogens is 334 g/mol. The Kier molecular flexibility index (Phi) is 5.28. The van der Waals surface area contributed by atoms with Crippen LogP contribution in [0.15, 0.2) is 27.1 Å². The van der Waals surface area contributed by atoms with Crippen molar-refractivity contribution in [1.29, 1.82) is 0 Å². The molecule has 1 aromatic rings. The number of hydrogen-bond donors (Lipinski definition) is 1. The molecule has 4 heteroatoms. The van der Waals surface area contributed by atoms with Crippen LogP contribution in [0.4, 0.5) is 0 Å². The zero-order valence-corrected chi connectivity index (χ0v) is 13.0. The molecule has 90 valence electrons. The maximum atomic E-state index is 5.71. The molecule has 0 aliphatic heterocycles. The highest BCUT2D eigenvalue weighted by molar-refractivity contribution is 9.11. The summed E-state index contributed by atoms with van der Waals surface area (Å²) in [6.45, 7) is 7.90. The summed E-state index contributed by atoms with van der Waals surface area (Å²) < 4.78 is 7.65. The van der Waals surface area contributed by atoms with E-state index in [-0.39, 0.29) is 5.54 Å². The maximum Gasteiger partial charge on any atom is 0.147 e. The van der Waals surface area contributed by atoms with Crippen LogP contribution < -0.4 is 10.1 Å². The number of para-hydroxylation sites is 1. The van der Waals surface area contributed by atoms with Crippen LogP contribution in [0.2, 0.25) is 0 Å². The van der Waals surface area contributed by atoms with Crippen LogP contribution >= 0.6 is 31.9 Å². The fourth-order valence-electron chi connectivity index (χ4n) is 1.20. The summed E-state index contributed by atoms with van der Waals surface area (Å²) >= 11 is 6.93. The Hall–Kier alpha value is -0.0600. The lowest BCUT2D eigenvalue weighted by molar-refractivity contribution is 0.288. The molecule has 0 aliphatic carbocycles. The number of nitrogens with one attached hydrogen (secondary N) is 1. The molecule has 1 aromatic carbocycles. The van der Waals surface area contributed by atoms with E-state index in [1.807, 2.05) is 18.2 Å². The first-order chi connectivity index (χ1) is 7.40. The van der Waals surface area contributed by atoms with Gasteiger partial charge in [-0.1, -0.05) is 6.07 Å². The van der Waals surface area contributed by atoms with Crippen LogP contribution in [0.1, 0.15) is 20.8 Å². The maximum absolute atomic E-state index is 5.71. The van der Waals surface area contributed by atoms with Crippen LogP contribution in [0.3, 0.4) is 0 Å². The fourth-order valence-corrected chi connectivity index (χ4v) is 2.43. The molecule has 0 heterocycles. The Bertz CT molecular complexity index is 327. The third kappa shape index (κ3) is 4.85. The largest absolute Gasteiger partial charge is 0.490 e. The lowest BCUT2D eigenvalue weighted by Gasteiger charge is -2.20. The van der Waals surface area contributed by atoms with Crippen molar-refractivity contribution in [2.75, 3.05) is 13.2 Å². The van der Waals surface area contributed by atoms with Crippen molar-refractivity contribution in [2.24, 2.45) is 0 Å². The van der Waals surface area contributed by atoms with Gasteiger partial charge in [0.05, 0.1) is 8.95 Å². The number of rotatable bonds is 4. The van der Waals surface area contributed by atoms with Crippen LogP contribution in [0.25, 0.3) is 0 Å². The van der Waals surface area contributed by atoms with Crippen molar-refractivity contribution in [3.8, 4) is 5.75 Å². The van der Waals surface area contributed by atoms with Crippen LogP contribution in [0.5, 0.6) is 5.75 Å². The monoisotopic (exact) mass is 349 g/mol. The average molecular weight is 351 g/mol. The van der Waals surface area contributed by atoms with E-state index in [0.29, 0.717) is 6.61 Å². The van der Waals surface area contributed by atoms with E-state index in [1.165, 1.54) is 0 Å². The Labute approximate surface area is 114 Å². The second-order valence-electron chi connectivity index (χ2n) is 4.58. The normalized spacial score (nSPS) is 11.6. The molecule has 0 radical (unpaired) electrons. The van der Waals surface area contributed by atoms with Gasteiger partial charge in [-0.25, -0.2) is 0 Å². The highest BCUT2D eigenvalue weighted by Gasteiger charge is 2.09. The molecule has 0 saturated carbocycles. The van der Waals surface area contributed by atoms with Gasteiger partial charge in [0, 0.05) is 12.1 Å². The fraction of sp³-hybridized carbons (Fsp3) is 0.500. The quantitative estimate of drug-likeness (QED) is 0.829. The van der Waals surface area contributed by atoms with E-state index in [1.54, 1.807) is 0 Å². The molecule has 0 unspecified atom stereocenters. The van der Waals surface area contributed by atoms with Gasteiger partial charge in [0.15, 0.2) is 0 Å². The lowest BCUT2D eigenvalue weighted by atomic mass is 10.1. The number of halogens is 2. The van der Waals surface area contributed by atoms with E-state index in [9.17, 15) is 0 Å². The second kappa shape index (κ2) is 6.03. The van der Waals surface area contributed by atoms with Crippen LogP contribution in [-0.2, 0) is 0 Å². The van der Waals surface area contributed by atoms with Crippen molar-refractivity contribution >= 4 is 31.9 Å². The summed E-state index contributed by atoms with van der Waals surface area (Å²) in [4.78, 5) is 0. The molecule has 0 bridgehead atoms. The number of ether oxygens (including phenoxy) is 1. The van der Waals surface area contributed by atoms with Gasteiger partial charge >= 0.3 is 0 Å². The zero-order valence-electron chi connectivity index (χ0n) is 9.81. The molecule has 1 rings (SSSR count). The molecule has 0 atom stereocenters. The molecular formula is C12H17Br2NO. The third-order valence-corrected chi connectivity index (χ3v) is 3.17. The van der Waals surface area contributed by atoms with E-state index < -0.39 is 0 Å². The summed E-state index contributed by atoms with van der Waals surface area (Å²) in [5.41, 5.74) is 0.133. The van der Waals surface area contributed by atoms with Crippen molar-refractivity contribution in [3.05, 3.63) is 27.1 Å². The predicted octanol–water partition coefficient (Wildman–Crippen LogP) is 3.98. The molecule has 2 nitrogen and oxygen atoms in total. The molecule has 0 aliphatic rings. The van der Waals surface area contributed by atoms with Crippen molar-refractivity contribution in [2.45, 2.75) is 26.3 Å². The van der Waals surface area contributed by atoms with Crippen molar-refractivity contribution < 1.29 is 4.74 Å². The van der Waals surface area contributed by atoms with Gasteiger partial charge in [-0.05, 0) is 64.8 Å². The van der Waals surface area contributed by atoms with Crippen molar-refractivity contribution in [1.82, 2.24) is 5.32 Å². The topological polar surface area (TPSA) is 21.3 Å².